The van der Waals surface area contributed by atoms with Crippen LogP contribution in [0.3, 0.4) is 0 Å². The van der Waals surface area contributed by atoms with Crippen molar-refractivity contribution in [2.45, 2.75) is 33.6 Å². The fourth-order valence-electron chi connectivity index (χ4n) is 4.21. The van der Waals surface area contributed by atoms with E-state index >= 15 is 0 Å². The lowest BCUT2D eigenvalue weighted by atomic mass is 10.00. The predicted octanol–water partition coefficient (Wildman–Crippen LogP) is 3.99. The second-order valence-electron chi connectivity index (χ2n) is 8.22. The van der Waals surface area contributed by atoms with E-state index in [1.165, 1.54) is 11.1 Å². The Morgan fingerprint density at radius 2 is 2.16 bits per heavy atom. The largest absolute Gasteiger partial charge is 0.474 e. The second kappa shape index (κ2) is 9.85. The van der Waals surface area contributed by atoms with Gasteiger partial charge in [-0.25, -0.2) is 4.98 Å². The Kier molecular flexibility index (Phi) is 6.73. The van der Waals surface area contributed by atoms with Gasteiger partial charge in [0.1, 0.15) is 24.7 Å². The highest BCUT2D eigenvalue weighted by Crippen LogP contribution is 2.35. The Morgan fingerprint density at radius 1 is 1.34 bits per heavy atom. The molecule has 0 amide bonds. The molecular weight excluding hydrogens is 402 g/mol. The van der Waals surface area contributed by atoms with E-state index in [-0.39, 0.29) is 5.78 Å². The number of nitrogens with zero attached hydrogens (tertiary/aromatic N) is 3. The molecule has 0 saturated carbocycles. The number of nitrogens with one attached hydrogen (secondary N) is 2. The number of allylic oxidation sites excluding steroid dienone is 1. The summed E-state index contributed by atoms with van der Waals surface area (Å²) < 4.78 is 5.67. The van der Waals surface area contributed by atoms with Gasteiger partial charge in [-0.15, -0.1) is 0 Å². The number of benzene rings is 1. The normalized spacial score (nSPS) is 18.2. The Hall–Kier alpha value is -3.35. The fraction of sp³-hybridized carbons (Fsp3) is 0.400. The molecule has 7 heteroatoms. The molecule has 0 spiro atoms. The summed E-state index contributed by atoms with van der Waals surface area (Å²) in [7, 11) is 0. The Bertz CT molecular complexity index is 1040. The maximum absolute atomic E-state index is 11.3. The molecule has 32 heavy (non-hydrogen) atoms. The quantitative estimate of drug-likeness (QED) is 0.717. The van der Waals surface area contributed by atoms with Gasteiger partial charge in [0.2, 0.25) is 5.88 Å². The van der Waals surface area contributed by atoms with E-state index < -0.39 is 0 Å². The van der Waals surface area contributed by atoms with Crippen LogP contribution >= 0.6 is 0 Å². The molecule has 0 unspecified atom stereocenters. The number of Topliss-reactive ketones (excluding diaryl/α,β-unsaturated/α-hetero) is 1. The molecule has 0 aliphatic carbocycles. The van der Waals surface area contributed by atoms with Crippen molar-refractivity contribution in [2.75, 3.05) is 48.4 Å². The van der Waals surface area contributed by atoms with Gasteiger partial charge in [-0.3, -0.25) is 9.79 Å². The van der Waals surface area contributed by atoms with Crippen molar-refractivity contribution in [2.24, 2.45) is 4.99 Å². The van der Waals surface area contributed by atoms with Crippen molar-refractivity contribution in [3.63, 3.8) is 0 Å². The van der Waals surface area contributed by atoms with Crippen LogP contribution in [0.25, 0.3) is 0 Å². The first kappa shape index (κ1) is 21.9. The van der Waals surface area contributed by atoms with E-state index in [0.717, 1.165) is 54.4 Å². The molecule has 0 bridgehead atoms. The van der Waals surface area contributed by atoms with Gasteiger partial charge in [-0.05, 0) is 50.5 Å². The summed E-state index contributed by atoms with van der Waals surface area (Å²) in [6.45, 7) is 9.45. The molecule has 1 aromatic heterocycles. The number of carbonyl (C=O) groups excluding carboxylic acids is 1. The molecule has 7 nitrogen and oxygen atoms in total. The third-order valence-electron chi connectivity index (χ3n) is 5.93. The van der Waals surface area contributed by atoms with E-state index in [1.54, 1.807) is 6.92 Å². The minimum atomic E-state index is 0.172. The molecule has 168 valence electrons. The Morgan fingerprint density at radius 3 is 2.91 bits per heavy atom. The molecule has 1 aromatic carbocycles. The summed E-state index contributed by atoms with van der Waals surface area (Å²) in [5, 5.41) is 6.79. The van der Waals surface area contributed by atoms with Gasteiger partial charge in [0, 0.05) is 30.8 Å². The lowest BCUT2D eigenvalue weighted by Crippen LogP contribution is -2.38. The van der Waals surface area contributed by atoms with Gasteiger partial charge in [-0.1, -0.05) is 18.2 Å². The minimum absolute atomic E-state index is 0.172. The first-order valence-corrected chi connectivity index (χ1v) is 11.2. The Balaban J connectivity index is 1.45. The summed E-state index contributed by atoms with van der Waals surface area (Å²) in [4.78, 5) is 23.0. The molecule has 1 saturated heterocycles. The van der Waals surface area contributed by atoms with Gasteiger partial charge < -0.3 is 20.3 Å². The minimum Gasteiger partial charge on any atom is -0.474 e. The van der Waals surface area contributed by atoms with Crippen LogP contribution in [0.2, 0.25) is 0 Å². The zero-order valence-corrected chi connectivity index (χ0v) is 19.1. The number of anilines is 3. The molecular formula is C25H31N5O2. The monoisotopic (exact) mass is 433 g/mol. The SMILES string of the molecule is C/C=C1/CCN(c2cnc3c(c2C)NCCO3)C/C1=N/CNc1ccc(CC(C)=O)cc1. The average molecular weight is 434 g/mol. The van der Waals surface area contributed by atoms with E-state index in [4.69, 9.17) is 9.73 Å². The second-order valence-corrected chi connectivity index (χ2v) is 8.22. The highest BCUT2D eigenvalue weighted by molar-refractivity contribution is 6.04. The van der Waals surface area contributed by atoms with Crippen molar-refractivity contribution in [3.8, 4) is 5.88 Å². The average Bonchev–Trinajstić information content (AvgIpc) is 2.80. The smallest absolute Gasteiger partial charge is 0.237 e. The maximum Gasteiger partial charge on any atom is 0.237 e. The molecule has 0 radical (unpaired) electrons. The number of ketones is 1. The van der Waals surface area contributed by atoms with Crippen molar-refractivity contribution in [1.29, 1.82) is 0 Å². The lowest BCUT2D eigenvalue weighted by molar-refractivity contribution is -0.116. The summed E-state index contributed by atoms with van der Waals surface area (Å²) in [5.74, 6) is 0.863. The fourth-order valence-corrected chi connectivity index (χ4v) is 4.21. The number of fused-ring (bicyclic) bond motifs is 1. The van der Waals surface area contributed by atoms with Gasteiger partial charge in [0.25, 0.3) is 0 Å². The molecule has 3 heterocycles. The van der Waals surface area contributed by atoms with Crippen LogP contribution in [-0.4, -0.2) is 49.4 Å². The third-order valence-corrected chi connectivity index (χ3v) is 5.93. The van der Waals surface area contributed by atoms with E-state index in [1.807, 2.05) is 30.5 Å². The van der Waals surface area contributed by atoms with Crippen LogP contribution in [0, 0.1) is 6.92 Å². The number of hydrogen-bond donors (Lipinski definition) is 2. The van der Waals surface area contributed by atoms with Crippen molar-refractivity contribution in [1.82, 2.24) is 4.98 Å². The van der Waals surface area contributed by atoms with Crippen LogP contribution in [0.5, 0.6) is 5.88 Å². The molecule has 2 aliphatic heterocycles. The summed E-state index contributed by atoms with van der Waals surface area (Å²) >= 11 is 0. The van der Waals surface area contributed by atoms with Gasteiger partial charge in [-0.2, -0.15) is 0 Å². The first-order valence-electron chi connectivity index (χ1n) is 11.2. The number of carbonyl (C=O) groups is 1. The van der Waals surface area contributed by atoms with Crippen molar-refractivity contribution < 1.29 is 9.53 Å². The lowest BCUT2D eigenvalue weighted by Gasteiger charge is -2.33. The molecule has 2 N–H and O–H groups in total. The molecule has 0 atom stereocenters. The van der Waals surface area contributed by atoms with Crippen LogP contribution in [0.15, 0.2) is 47.1 Å². The highest BCUT2D eigenvalue weighted by Gasteiger charge is 2.24. The number of aromatic nitrogens is 1. The summed E-state index contributed by atoms with van der Waals surface area (Å²) in [6.07, 6.45) is 5.51. The number of hydrogen-bond acceptors (Lipinski definition) is 7. The van der Waals surface area contributed by atoms with Gasteiger partial charge in [0.15, 0.2) is 0 Å². The van der Waals surface area contributed by atoms with Crippen LogP contribution in [-0.2, 0) is 11.2 Å². The van der Waals surface area contributed by atoms with Crippen LogP contribution in [0.1, 0.15) is 31.4 Å². The maximum atomic E-state index is 11.3. The molecule has 1 fully saturated rings. The van der Waals surface area contributed by atoms with E-state index in [2.05, 4.69) is 40.4 Å². The first-order chi connectivity index (χ1) is 15.5. The Labute approximate surface area is 189 Å². The number of piperidine rings is 1. The van der Waals surface area contributed by atoms with Crippen LogP contribution < -0.4 is 20.3 Å². The molecule has 2 aliphatic rings. The molecule has 4 rings (SSSR count). The predicted molar refractivity (Wildman–Crippen MR) is 130 cm³/mol. The van der Waals surface area contributed by atoms with Crippen LogP contribution in [0.4, 0.5) is 17.1 Å². The number of ether oxygens (including phenoxy) is 1. The number of rotatable bonds is 6. The molecule has 2 aromatic rings. The third kappa shape index (κ3) is 4.93. The zero-order valence-electron chi connectivity index (χ0n) is 19.1. The van der Waals surface area contributed by atoms with E-state index in [0.29, 0.717) is 25.6 Å². The van der Waals surface area contributed by atoms with Crippen molar-refractivity contribution >= 4 is 28.6 Å². The van der Waals surface area contributed by atoms with Gasteiger partial charge >= 0.3 is 0 Å². The zero-order chi connectivity index (χ0) is 22.5. The van der Waals surface area contributed by atoms with E-state index in [9.17, 15) is 4.79 Å². The van der Waals surface area contributed by atoms with Gasteiger partial charge in [0.05, 0.1) is 24.1 Å². The highest BCUT2D eigenvalue weighted by atomic mass is 16.5. The topological polar surface area (TPSA) is 78.8 Å². The van der Waals surface area contributed by atoms with Crippen molar-refractivity contribution in [3.05, 3.63) is 53.2 Å². The number of pyridine rings is 1. The summed E-state index contributed by atoms with van der Waals surface area (Å²) in [5.41, 5.74) is 7.71. The standard InChI is InChI=1S/C25H31N5O2/c1-4-20-9-11-30(23-14-27-25-24(18(23)3)26-10-12-32-25)15-22(20)29-16-28-21-7-5-19(6-8-21)13-17(2)31/h4-8,14,26,28H,9-13,15-16H2,1-3H3/b20-4-,29-22-. The number of aliphatic imine (C=N–C) groups is 1. The summed E-state index contributed by atoms with van der Waals surface area (Å²) in [6, 6.07) is 7.97.